The van der Waals surface area contributed by atoms with Crippen molar-refractivity contribution in [2.24, 2.45) is 0 Å². The zero-order valence-electron chi connectivity index (χ0n) is 9.65. The van der Waals surface area contributed by atoms with Crippen molar-refractivity contribution in [1.82, 2.24) is 14.5 Å². The molecule has 0 saturated carbocycles. The lowest BCUT2D eigenvalue weighted by Gasteiger charge is -2.15. The Morgan fingerprint density at radius 3 is 2.76 bits per heavy atom. The number of carbonyl (C=O) groups excluding carboxylic acids is 1. The minimum absolute atomic E-state index is 0.0119. The number of hydrogen-bond donors (Lipinski definition) is 0. The topological polar surface area (TPSA) is 55.2 Å². The third-order valence-corrected chi connectivity index (χ3v) is 3.83. The van der Waals surface area contributed by atoms with Gasteiger partial charge in [0.1, 0.15) is 11.0 Å². The van der Waals surface area contributed by atoms with Gasteiger partial charge in [0.2, 0.25) is 5.91 Å². The van der Waals surface area contributed by atoms with E-state index in [0.29, 0.717) is 10.2 Å². The summed E-state index contributed by atoms with van der Waals surface area (Å²) in [5.74, 6) is -0.0119. The molecular weight excluding hydrogens is 286 g/mol. The third-order valence-electron chi connectivity index (χ3n) is 2.92. The molecule has 92 valence electrons. The Bertz CT molecular complexity index is 492. The number of nitrogens with zero attached hydrogens (tertiary/aromatic N) is 3. The number of amides is 1. The van der Waals surface area contributed by atoms with Gasteiger partial charge in [0.05, 0.1) is 12.0 Å². The first kappa shape index (κ1) is 12.3. The van der Waals surface area contributed by atoms with E-state index in [2.05, 4.69) is 20.9 Å². The maximum absolute atomic E-state index is 11.9. The van der Waals surface area contributed by atoms with Crippen LogP contribution in [0.15, 0.2) is 15.6 Å². The summed E-state index contributed by atoms with van der Waals surface area (Å²) < 4.78 is 1.77. The number of hydrogen-bond acceptors (Lipinski definition) is 3. The van der Waals surface area contributed by atoms with Crippen molar-refractivity contribution in [1.29, 1.82) is 0 Å². The molecule has 0 bridgehead atoms. The smallest absolute Gasteiger partial charge is 0.268 e. The highest BCUT2D eigenvalue weighted by molar-refractivity contribution is 9.10. The van der Waals surface area contributed by atoms with E-state index in [4.69, 9.17) is 0 Å². The molecule has 0 radical (unpaired) electrons. The first-order valence-corrected chi connectivity index (χ1v) is 6.38. The Hall–Kier alpha value is -1.17. The second-order valence-corrected chi connectivity index (χ2v) is 4.96. The predicted molar refractivity (Wildman–Crippen MR) is 66.7 cm³/mol. The van der Waals surface area contributed by atoms with Crippen molar-refractivity contribution < 1.29 is 4.79 Å². The van der Waals surface area contributed by atoms with Crippen LogP contribution in [0.3, 0.4) is 0 Å². The molecule has 1 aromatic rings. The molecule has 1 amide bonds. The Morgan fingerprint density at radius 1 is 1.47 bits per heavy atom. The van der Waals surface area contributed by atoms with Gasteiger partial charge in [-0.25, -0.2) is 4.98 Å². The number of likely N-dealkylation sites (tertiary alicyclic amines) is 1. The van der Waals surface area contributed by atoms with Gasteiger partial charge in [-0.15, -0.1) is 0 Å². The second kappa shape index (κ2) is 5.00. The summed E-state index contributed by atoms with van der Waals surface area (Å²) in [6.45, 7) is 3.42. The summed E-state index contributed by atoms with van der Waals surface area (Å²) in [5, 5.41) is 0. The molecule has 1 fully saturated rings. The number of halogens is 1. The van der Waals surface area contributed by atoms with Crippen molar-refractivity contribution in [2.45, 2.75) is 26.3 Å². The van der Waals surface area contributed by atoms with Crippen molar-refractivity contribution in [3.05, 3.63) is 26.8 Å². The van der Waals surface area contributed by atoms with E-state index in [-0.39, 0.29) is 18.0 Å². The maximum Gasteiger partial charge on any atom is 0.268 e. The molecule has 1 aliphatic heterocycles. The Balaban J connectivity index is 2.16. The van der Waals surface area contributed by atoms with Gasteiger partial charge in [0.15, 0.2) is 0 Å². The standard InChI is InChI=1S/C11H14BrN3O2/c1-8-10(12)11(17)15(7-13-8)6-9(16)14-4-2-3-5-14/h7H,2-6H2,1H3. The lowest BCUT2D eigenvalue weighted by molar-refractivity contribution is -0.130. The Labute approximate surface area is 108 Å². The monoisotopic (exact) mass is 299 g/mol. The van der Waals surface area contributed by atoms with E-state index < -0.39 is 0 Å². The van der Waals surface area contributed by atoms with Gasteiger partial charge in [0.25, 0.3) is 5.56 Å². The molecule has 0 N–H and O–H groups in total. The molecule has 17 heavy (non-hydrogen) atoms. The van der Waals surface area contributed by atoms with Gasteiger partial charge in [-0.1, -0.05) is 0 Å². The van der Waals surface area contributed by atoms with E-state index in [1.54, 1.807) is 11.8 Å². The van der Waals surface area contributed by atoms with Gasteiger partial charge >= 0.3 is 0 Å². The second-order valence-electron chi connectivity index (χ2n) is 4.16. The minimum Gasteiger partial charge on any atom is -0.341 e. The molecule has 2 rings (SSSR count). The number of rotatable bonds is 2. The number of carbonyl (C=O) groups is 1. The van der Waals surface area contributed by atoms with E-state index in [0.717, 1.165) is 25.9 Å². The van der Waals surface area contributed by atoms with E-state index in [9.17, 15) is 9.59 Å². The molecule has 2 heterocycles. The fraction of sp³-hybridized carbons (Fsp3) is 0.545. The van der Waals surface area contributed by atoms with Crippen molar-refractivity contribution in [3.8, 4) is 0 Å². The molecule has 6 heteroatoms. The van der Waals surface area contributed by atoms with Crippen molar-refractivity contribution in [2.75, 3.05) is 13.1 Å². The van der Waals surface area contributed by atoms with E-state index in [1.165, 1.54) is 10.9 Å². The molecule has 0 aromatic carbocycles. The van der Waals surface area contributed by atoms with Crippen LogP contribution in [0.4, 0.5) is 0 Å². The predicted octanol–water partition coefficient (Wildman–Crippen LogP) is 0.937. The van der Waals surface area contributed by atoms with Crippen LogP contribution in [-0.4, -0.2) is 33.4 Å². The quantitative estimate of drug-likeness (QED) is 0.816. The van der Waals surface area contributed by atoms with Gasteiger partial charge in [0, 0.05) is 13.1 Å². The molecule has 1 saturated heterocycles. The largest absolute Gasteiger partial charge is 0.341 e. The summed E-state index contributed by atoms with van der Waals surface area (Å²) in [4.78, 5) is 29.6. The van der Waals surface area contributed by atoms with Gasteiger partial charge in [-0.05, 0) is 35.7 Å². The van der Waals surface area contributed by atoms with Gasteiger partial charge < -0.3 is 4.90 Å². The van der Waals surface area contributed by atoms with Crippen LogP contribution in [0.2, 0.25) is 0 Å². The highest BCUT2D eigenvalue weighted by Gasteiger charge is 2.18. The van der Waals surface area contributed by atoms with E-state index >= 15 is 0 Å². The van der Waals surface area contributed by atoms with Crippen LogP contribution in [0, 0.1) is 6.92 Å². The molecule has 0 aliphatic carbocycles. The lowest BCUT2D eigenvalue weighted by Crippen LogP contribution is -2.35. The molecule has 0 spiro atoms. The number of aromatic nitrogens is 2. The molecule has 0 atom stereocenters. The molecule has 5 nitrogen and oxygen atoms in total. The molecule has 0 unspecified atom stereocenters. The fourth-order valence-electron chi connectivity index (χ4n) is 1.87. The fourth-order valence-corrected chi connectivity index (χ4v) is 2.20. The highest BCUT2D eigenvalue weighted by atomic mass is 79.9. The van der Waals surface area contributed by atoms with Crippen LogP contribution in [0.25, 0.3) is 0 Å². The summed E-state index contributed by atoms with van der Waals surface area (Å²) in [6.07, 6.45) is 3.53. The van der Waals surface area contributed by atoms with Crippen LogP contribution in [-0.2, 0) is 11.3 Å². The highest BCUT2D eigenvalue weighted by Crippen LogP contribution is 2.09. The normalized spacial score (nSPS) is 15.3. The van der Waals surface area contributed by atoms with Crippen molar-refractivity contribution >= 4 is 21.8 Å². The summed E-state index contributed by atoms with van der Waals surface area (Å²) in [5.41, 5.74) is 0.435. The molecular formula is C11H14BrN3O2. The lowest BCUT2D eigenvalue weighted by atomic mass is 10.4. The first-order valence-electron chi connectivity index (χ1n) is 5.59. The third kappa shape index (κ3) is 2.57. The average molecular weight is 300 g/mol. The average Bonchev–Trinajstić information content (AvgIpc) is 2.83. The Morgan fingerprint density at radius 2 is 2.12 bits per heavy atom. The van der Waals surface area contributed by atoms with Gasteiger partial charge in [-0.2, -0.15) is 0 Å². The Kier molecular flexibility index (Phi) is 3.61. The maximum atomic E-state index is 11.9. The molecule has 1 aliphatic rings. The van der Waals surface area contributed by atoms with Crippen LogP contribution in [0.1, 0.15) is 18.5 Å². The SMILES string of the molecule is Cc1ncn(CC(=O)N2CCCC2)c(=O)c1Br. The number of aryl methyl sites for hydroxylation is 1. The van der Waals surface area contributed by atoms with Crippen LogP contribution < -0.4 is 5.56 Å². The minimum atomic E-state index is -0.204. The zero-order chi connectivity index (χ0) is 12.4. The van der Waals surface area contributed by atoms with Crippen LogP contribution in [0.5, 0.6) is 0 Å². The summed E-state index contributed by atoms with van der Waals surface area (Å²) >= 11 is 3.18. The van der Waals surface area contributed by atoms with E-state index in [1.807, 2.05) is 0 Å². The summed E-state index contributed by atoms with van der Waals surface area (Å²) in [7, 11) is 0. The van der Waals surface area contributed by atoms with Crippen molar-refractivity contribution in [3.63, 3.8) is 0 Å². The van der Waals surface area contributed by atoms with Crippen LogP contribution >= 0.6 is 15.9 Å². The first-order chi connectivity index (χ1) is 8.09. The summed E-state index contributed by atoms with van der Waals surface area (Å²) in [6, 6.07) is 0. The molecule has 1 aromatic heterocycles. The van der Waals surface area contributed by atoms with Gasteiger partial charge in [-0.3, -0.25) is 14.2 Å². The zero-order valence-corrected chi connectivity index (χ0v) is 11.2.